The van der Waals surface area contributed by atoms with Gasteiger partial charge in [0.1, 0.15) is 5.54 Å². The van der Waals surface area contributed by atoms with Crippen LogP contribution in [-0.2, 0) is 9.53 Å². The van der Waals surface area contributed by atoms with E-state index in [2.05, 4.69) is 0 Å². The van der Waals surface area contributed by atoms with Crippen LogP contribution in [0.1, 0.15) is 26.7 Å². The lowest BCUT2D eigenvalue weighted by Crippen LogP contribution is -2.41. The van der Waals surface area contributed by atoms with Gasteiger partial charge in [0.05, 0.1) is 0 Å². The summed E-state index contributed by atoms with van der Waals surface area (Å²) in [6.07, 6.45) is 2.56. The van der Waals surface area contributed by atoms with E-state index in [-0.39, 0.29) is 8.41 Å². The molecule has 0 aromatic rings. The minimum atomic E-state index is -1.08. The van der Waals surface area contributed by atoms with Gasteiger partial charge in [0.15, 0.2) is 0 Å². The van der Waals surface area contributed by atoms with Crippen molar-refractivity contribution in [3.05, 3.63) is 0 Å². The molecule has 13 heavy (non-hydrogen) atoms. The number of hydrogen-bond donors (Lipinski definition) is 2. The second kappa shape index (κ2) is 6.92. The molecule has 0 aromatic carbocycles. The number of nitrogens with two attached hydrogens (primary N) is 1. The number of carbonyl (C=O) groups is 1. The molecule has 75 valence electrons. The first kappa shape index (κ1) is 15.0. The molecule has 1 rings (SSSR count). The van der Waals surface area contributed by atoms with E-state index in [1.807, 2.05) is 0 Å². The summed E-state index contributed by atoms with van der Waals surface area (Å²) in [5.41, 5.74) is 4.00. The number of aliphatic carboxylic acids is 1. The molecule has 0 atom stereocenters. The van der Waals surface area contributed by atoms with Gasteiger partial charge in [-0.05, 0) is 26.7 Å². The van der Waals surface area contributed by atoms with E-state index in [4.69, 9.17) is 15.6 Å². The Bertz CT molecular complexity index is 133. The van der Waals surface area contributed by atoms with Crippen LogP contribution in [0.4, 0.5) is 0 Å². The normalized spacial score (nSPS) is 15.3. The Morgan fingerprint density at radius 1 is 1.38 bits per heavy atom. The lowest BCUT2D eigenvalue weighted by atomic mass is 10.1. The fraction of sp³-hybridized carbons (Fsp3) is 0.875. The molecule has 0 spiro atoms. The summed E-state index contributed by atoms with van der Waals surface area (Å²) in [5.74, 6) is -0.979. The first-order chi connectivity index (χ1) is 5.44. The van der Waals surface area contributed by atoms with Crippen LogP contribution < -0.4 is 5.73 Å². The van der Waals surface area contributed by atoms with Crippen molar-refractivity contribution < 1.29 is 14.6 Å². The lowest BCUT2D eigenvalue weighted by molar-refractivity contribution is -0.141. The molecule has 0 aliphatic carbocycles. The Labute approximate surface area is 81.0 Å². The quantitative estimate of drug-likeness (QED) is 0.574. The van der Waals surface area contributed by atoms with Gasteiger partial charge in [0.25, 0.3) is 0 Å². The van der Waals surface area contributed by atoms with E-state index < -0.39 is 11.5 Å². The molecule has 1 aliphatic rings. The van der Waals surface area contributed by atoms with Gasteiger partial charge in [-0.3, -0.25) is 4.79 Å². The van der Waals surface area contributed by atoms with Crippen LogP contribution in [0.5, 0.6) is 0 Å². The standard InChI is InChI=1S/C4H9NO2.C4H8O.B/c1-4(2,5)3(6)7;1-2-4-5-3-1;/h5H2,1-2H3,(H,6,7);1-4H2;. The van der Waals surface area contributed by atoms with Gasteiger partial charge in [0.2, 0.25) is 0 Å². The minimum absolute atomic E-state index is 0. The lowest BCUT2D eigenvalue weighted by Gasteiger charge is -2.09. The number of carboxylic acid groups (broad SMARTS) is 1. The molecular formula is C8H17BNO3. The Kier molecular flexibility index (Phi) is 7.95. The van der Waals surface area contributed by atoms with Crippen LogP contribution in [0.3, 0.4) is 0 Å². The molecule has 5 heteroatoms. The molecule has 0 unspecified atom stereocenters. The summed E-state index contributed by atoms with van der Waals surface area (Å²) >= 11 is 0. The van der Waals surface area contributed by atoms with E-state index in [1.54, 1.807) is 0 Å². The second-order valence-corrected chi connectivity index (χ2v) is 3.35. The number of carboxylic acids is 1. The van der Waals surface area contributed by atoms with Crippen molar-refractivity contribution in [1.82, 2.24) is 0 Å². The van der Waals surface area contributed by atoms with E-state index in [1.165, 1.54) is 26.7 Å². The second-order valence-electron chi connectivity index (χ2n) is 3.35. The molecular weight excluding hydrogens is 169 g/mol. The zero-order valence-corrected chi connectivity index (χ0v) is 8.25. The largest absolute Gasteiger partial charge is 0.480 e. The van der Waals surface area contributed by atoms with Crippen molar-refractivity contribution in [2.75, 3.05) is 13.2 Å². The molecule has 3 radical (unpaired) electrons. The summed E-state index contributed by atoms with van der Waals surface area (Å²) in [6.45, 7) is 4.88. The Morgan fingerprint density at radius 2 is 1.69 bits per heavy atom. The van der Waals surface area contributed by atoms with E-state index in [0.29, 0.717) is 0 Å². The summed E-state index contributed by atoms with van der Waals surface area (Å²) in [7, 11) is 0. The third-order valence-electron chi connectivity index (χ3n) is 1.38. The third kappa shape index (κ3) is 9.37. The number of ether oxygens (including phenoxy) is 1. The summed E-state index contributed by atoms with van der Waals surface area (Å²) < 4.78 is 4.94. The molecule has 0 bridgehead atoms. The first-order valence-corrected chi connectivity index (χ1v) is 4.04. The van der Waals surface area contributed by atoms with Crippen LogP contribution >= 0.6 is 0 Å². The number of hydrogen-bond acceptors (Lipinski definition) is 3. The fourth-order valence-electron chi connectivity index (χ4n) is 0.510. The van der Waals surface area contributed by atoms with Crippen molar-refractivity contribution in [2.45, 2.75) is 32.2 Å². The molecule has 0 aromatic heterocycles. The van der Waals surface area contributed by atoms with E-state index in [0.717, 1.165) is 13.2 Å². The van der Waals surface area contributed by atoms with Crippen molar-refractivity contribution >= 4 is 14.4 Å². The van der Waals surface area contributed by atoms with Crippen LogP contribution in [0.25, 0.3) is 0 Å². The van der Waals surface area contributed by atoms with Crippen LogP contribution in [0.2, 0.25) is 0 Å². The SMILES string of the molecule is C1CCOC1.CC(C)(N)C(=O)O.[B]. The predicted octanol–water partition coefficient (Wildman–Crippen LogP) is 0.224. The molecule has 1 heterocycles. The molecule has 3 N–H and O–H groups in total. The maximum absolute atomic E-state index is 9.90. The predicted molar refractivity (Wildman–Crippen MR) is 51.7 cm³/mol. The van der Waals surface area contributed by atoms with Crippen LogP contribution in [0.15, 0.2) is 0 Å². The Balaban J connectivity index is 0. The highest BCUT2D eigenvalue weighted by molar-refractivity contribution is 5.77. The molecule has 0 saturated carbocycles. The smallest absolute Gasteiger partial charge is 0.323 e. The monoisotopic (exact) mass is 186 g/mol. The molecule has 1 saturated heterocycles. The van der Waals surface area contributed by atoms with Crippen molar-refractivity contribution in [3.8, 4) is 0 Å². The average Bonchev–Trinajstić information content (AvgIpc) is 2.39. The summed E-state index contributed by atoms with van der Waals surface area (Å²) in [6, 6.07) is 0. The Hall–Kier alpha value is -0.545. The topological polar surface area (TPSA) is 72.5 Å². The van der Waals surface area contributed by atoms with Crippen molar-refractivity contribution in [1.29, 1.82) is 0 Å². The van der Waals surface area contributed by atoms with Crippen LogP contribution in [-0.4, -0.2) is 38.2 Å². The van der Waals surface area contributed by atoms with Gasteiger partial charge < -0.3 is 15.6 Å². The summed E-state index contributed by atoms with van der Waals surface area (Å²) in [5, 5.41) is 8.12. The van der Waals surface area contributed by atoms with Gasteiger partial charge in [-0.2, -0.15) is 0 Å². The minimum Gasteiger partial charge on any atom is -0.480 e. The highest BCUT2D eigenvalue weighted by Crippen LogP contribution is 1.98. The molecule has 4 nitrogen and oxygen atoms in total. The van der Waals surface area contributed by atoms with Gasteiger partial charge >= 0.3 is 5.97 Å². The molecule has 1 aliphatic heterocycles. The van der Waals surface area contributed by atoms with Crippen LogP contribution in [0, 0.1) is 0 Å². The van der Waals surface area contributed by atoms with E-state index in [9.17, 15) is 4.79 Å². The zero-order chi connectivity index (χ0) is 9.61. The fourth-order valence-corrected chi connectivity index (χ4v) is 0.510. The van der Waals surface area contributed by atoms with Gasteiger partial charge in [-0.1, -0.05) is 0 Å². The highest BCUT2D eigenvalue weighted by Gasteiger charge is 2.19. The average molecular weight is 186 g/mol. The van der Waals surface area contributed by atoms with Gasteiger partial charge in [-0.25, -0.2) is 0 Å². The van der Waals surface area contributed by atoms with Gasteiger partial charge in [-0.15, -0.1) is 0 Å². The third-order valence-corrected chi connectivity index (χ3v) is 1.38. The number of rotatable bonds is 1. The molecule has 1 fully saturated rings. The maximum Gasteiger partial charge on any atom is 0.323 e. The maximum atomic E-state index is 9.90. The van der Waals surface area contributed by atoms with Crippen molar-refractivity contribution in [2.24, 2.45) is 5.73 Å². The first-order valence-electron chi connectivity index (χ1n) is 4.04. The van der Waals surface area contributed by atoms with Gasteiger partial charge in [0, 0.05) is 21.6 Å². The highest BCUT2D eigenvalue weighted by atomic mass is 16.5. The Morgan fingerprint density at radius 3 is 1.77 bits per heavy atom. The zero-order valence-electron chi connectivity index (χ0n) is 8.25. The molecule has 0 amide bonds. The summed E-state index contributed by atoms with van der Waals surface area (Å²) in [4.78, 5) is 9.90. The van der Waals surface area contributed by atoms with E-state index >= 15 is 0 Å². The van der Waals surface area contributed by atoms with Crippen molar-refractivity contribution in [3.63, 3.8) is 0 Å².